The summed E-state index contributed by atoms with van der Waals surface area (Å²) < 4.78 is 7.03. The van der Waals surface area contributed by atoms with E-state index in [0.29, 0.717) is 13.1 Å². The molecule has 1 saturated heterocycles. The summed E-state index contributed by atoms with van der Waals surface area (Å²) in [6.45, 7) is 3.48. The van der Waals surface area contributed by atoms with Gasteiger partial charge in [0.25, 0.3) is 0 Å². The van der Waals surface area contributed by atoms with E-state index in [4.69, 9.17) is 4.74 Å². The van der Waals surface area contributed by atoms with Crippen LogP contribution in [-0.4, -0.2) is 60.2 Å². The Balaban J connectivity index is 0.00000192. The van der Waals surface area contributed by atoms with Gasteiger partial charge in [-0.05, 0) is 41.3 Å². The van der Waals surface area contributed by atoms with E-state index in [-0.39, 0.29) is 12.4 Å². The first-order valence-corrected chi connectivity index (χ1v) is 8.73. The maximum atomic E-state index is 9.47. The summed E-state index contributed by atoms with van der Waals surface area (Å²) in [6.07, 6.45) is 0.691. The van der Waals surface area contributed by atoms with Gasteiger partial charge in [-0.15, -0.1) is 23.7 Å². The van der Waals surface area contributed by atoms with Crippen molar-refractivity contribution in [1.82, 2.24) is 4.90 Å². The highest BCUT2D eigenvalue weighted by Gasteiger charge is 2.28. The maximum absolute atomic E-state index is 9.47. The van der Waals surface area contributed by atoms with Crippen LogP contribution in [0.15, 0.2) is 29.6 Å². The first-order chi connectivity index (χ1) is 10.7. The molecule has 0 aliphatic carbocycles. The van der Waals surface area contributed by atoms with Gasteiger partial charge in [-0.1, -0.05) is 12.1 Å². The number of nitrogens with zero attached hydrogens (tertiary/aromatic N) is 1. The Morgan fingerprint density at radius 1 is 1.13 bits per heavy atom. The van der Waals surface area contributed by atoms with Crippen molar-refractivity contribution in [3.63, 3.8) is 0 Å². The molecule has 0 saturated carbocycles. The van der Waals surface area contributed by atoms with Crippen LogP contribution in [0.3, 0.4) is 0 Å². The van der Waals surface area contributed by atoms with E-state index in [0.717, 1.165) is 32.6 Å². The van der Waals surface area contributed by atoms with E-state index in [1.165, 1.54) is 15.6 Å². The lowest BCUT2D eigenvalue weighted by Gasteiger charge is -2.14. The molecule has 128 valence electrons. The van der Waals surface area contributed by atoms with Crippen molar-refractivity contribution in [2.45, 2.75) is 25.0 Å². The molecular weight excluding hydrogens is 334 g/mol. The average Bonchev–Trinajstić information content (AvgIpc) is 3.09. The fourth-order valence-corrected chi connectivity index (χ4v) is 3.65. The molecule has 2 atom stereocenters. The molecule has 1 aliphatic heterocycles. The van der Waals surface area contributed by atoms with Crippen molar-refractivity contribution >= 4 is 33.8 Å². The van der Waals surface area contributed by atoms with Crippen molar-refractivity contribution in [3.05, 3.63) is 35.2 Å². The summed E-state index contributed by atoms with van der Waals surface area (Å²) >= 11 is 1.77. The van der Waals surface area contributed by atoms with Gasteiger partial charge in [-0.2, -0.15) is 0 Å². The molecule has 6 heteroatoms. The summed E-state index contributed by atoms with van der Waals surface area (Å²) in [5.41, 5.74) is 1.32. The summed E-state index contributed by atoms with van der Waals surface area (Å²) in [7, 11) is 0. The lowest BCUT2D eigenvalue weighted by atomic mass is 10.1. The topological polar surface area (TPSA) is 52.9 Å². The molecule has 0 spiro atoms. The van der Waals surface area contributed by atoms with Crippen LogP contribution in [0.5, 0.6) is 0 Å². The Labute approximate surface area is 147 Å². The Morgan fingerprint density at radius 2 is 1.91 bits per heavy atom. The molecule has 23 heavy (non-hydrogen) atoms. The van der Waals surface area contributed by atoms with Crippen LogP contribution < -0.4 is 0 Å². The number of aliphatic hydroxyl groups is 2. The molecule has 2 N–H and O–H groups in total. The van der Waals surface area contributed by atoms with E-state index in [2.05, 4.69) is 34.5 Å². The molecule has 0 bridgehead atoms. The van der Waals surface area contributed by atoms with Crippen molar-refractivity contribution in [2.75, 3.05) is 32.8 Å². The fraction of sp³-hybridized carbons (Fsp3) is 0.529. The molecule has 2 heterocycles. The summed E-state index contributed by atoms with van der Waals surface area (Å²) in [5.74, 6) is 0. The highest BCUT2D eigenvalue weighted by molar-refractivity contribution is 7.17. The van der Waals surface area contributed by atoms with Crippen LogP contribution in [0, 0.1) is 0 Å². The summed E-state index contributed by atoms with van der Waals surface area (Å²) in [6, 6.07) is 8.75. The molecule has 1 aliphatic rings. The zero-order chi connectivity index (χ0) is 15.4. The maximum Gasteiger partial charge on any atom is 0.0938 e. The molecule has 4 nitrogen and oxygen atoms in total. The second-order valence-electron chi connectivity index (χ2n) is 5.90. The molecule has 0 radical (unpaired) electrons. The van der Waals surface area contributed by atoms with Gasteiger partial charge in [0.15, 0.2) is 0 Å². The largest absolute Gasteiger partial charge is 0.389 e. The minimum atomic E-state index is -0.590. The molecule has 0 amide bonds. The number of likely N-dealkylation sites (tertiary alicyclic amines) is 1. The third-order valence-corrected chi connectivity index (χ3v) is 5.05. The van der Waals surface area contributed by atoms with Gasteiger partial charge in [-0.3, -0.25) is 4.90 Å². The number of aliphatic hydroxyl groups excluding tert-OH is 2. The number of thiophene rings is 1. The van der Waals surface area contributed by atoms with E-state index >= 15 is 0 Å². The second kappa shape index (κ2) is 8.97. The number of β-amino-alcohol motifs (C(OH)–C–C–N with tert-alkyl or cyclic N) is 2. The second-order valence-corrected chi connectivity index (χ2v) is 6.85. The van der Waals surface area contributed by atoms with Crippen LogP contribution in [0.2, 0.25) is 0 Å². The van der Waals surface area contributed by atoms with E-state index < -0.39 is 12.2 Å². The lowest BCUT2D eigenvalue weighted by molar-refractivity contribution is 0.0572. The van der Waals surface area contributed by atoms with Gasteiger partial charge in [0.2, 0.25) is 0 Å². The van der Waals surface area contributed by atoms with Crippen LogP contribution in [0.1, 0.15) is 12.0 Å². The highest BCUT2D eigenvalue weighted by atomic mass is 35.5. The standard InChI is InChI=1S/C17H23NO3S.ClH/c19-15-11-18(12-16(15)20)6-1-7-21-8-4-13-2-3-17-14(10-13)5-9-22-17;/h2-3,5,9-10,15-16,19-20H,1,4,6-8,11-12H2;1H/t15-,16+;. The van der Waals surface area contributed by atoms with Gasteiger partial charge >= 0.3 is 0 Å². The Kier molecular flexibility index (Phi) is 7.27. The van der Waals surface area contributed by atoms with Crippen molar-refractivity contribution in [1.29, 1.82) is 0 Å². The quantitative estimate of drug-likeness (QED) is 0.747. The molecule has 1 fully saturated rings. The predicted octanol–water partition coefficient (Wildman–Crippen LogP) is 2.31. The molecule has 1 aromatic heterocycles. The zero-order valence-corrected chi connectivity index (χ0v) is 14.7. The number of halogens is 1. The summed E-state index contributed by atoms with van der Waals surface area (Å²) in [5, 5.41) is 22.4. The third kappa shape index (κ3) is 5.14. The monoisotopic (exact) mass is 357 g/mol. The van der Waals surface area contributed by atoms with Gasteiger partial charge in [0, 0.05) is 30.9 Å². The van der Waals surface area contributed by atoms with Crippen molar-refractivity contribution in [3.8, 4) is 0 Å². The summed E-state index contributed by atoms with van der Waals surface area (Å²) in [4.78, 5) is 2.09. The number of rotatable bonds is 7. The molecule has 3 rings (SSSR count). The number of ether oxygens (including phenoxy) is 1. The Morgan fingerprint density at radius 3 is 2.70 bits per heavy atom. The van der Waals surface area contributed by atoms with Gasteiger partial charge < -0.3 is 14.9 Å². The Hall–Kier alpha value is -0.690. The first-order valence-electron chi connectivity index (χ1n) is 7.85. The van der Waals surface area contributed by atoms with E-state index in [9.17, 15) is 10.2 Å². The van der Waals surface area contributed by atoms with Gasteiger partial charge in [0.1, 0.15) is 0 Å². The molecular formula is C17H24ClNO3S. The smallest absolute Gasteiger partial charge is 0.0938 e. The fourth-order valence-electron chi connectivity index (χ4n) is 2.88. The van der Waals surface area contributed by atoms with Crippen LogP contribution in [0.4, 0.5) is 0 Å². The third-order valence-electron chi connectivity index (χ3n) is 4.15. The molecule has 1 aromatic carbocycles. The normalized spacial score (nSPS) is 21.7. The number of benzene rings is 1. The predicted molar refractivity (Wildman–Crippen MR) is 96.7 cm³/mol. The van der Waals surface area contributed by atoms with Crippen LogP contribution in [-0.2, 0) is 11.2 Å². The van der Waals surface area contributed by atoms with Crippen LogP contribution >= 0.6 is 23.7 Å². The van der Waals surface area contributed by atoms with Gasteiger partial charge in [0.05, 0.1) is 18.8 Å². The minimum absolute atomic E-state index is 0. The SMILES string of the molecule is Cl.O[C@@H]1CN(CCCOCCc2ccc3sccc3c2)C[C@@H]1O. The average molecular weight is 358 g/mol. The van der Waals surface area contributed by atoms with E-state index in [1.807, 2.05) is 0 Å². The Bertz CT molecular complexity index is 596. The number of fused-ring (bicyclic) bond motifs is 1. The van der Waals surface area contributed by atoms with Gasteiger partial charge in [-0.25, -0.2) is 0 Å². The van der Waals surface area contributed by atoms with E-state index in [1.54, 1.807) is 11.3 Å². The number of hydrogen-bond acceptors (Lipinski definition) is 5. The molecule has 0 unspecified atom stereocenters. The lowest BCUT2D eigenvalue weighted by Crippen LogP contribution is -2.24. The minimum Gasteiger partial charge on any atom is -0.389 e. The van der Waals surface area contributed by atoms with Crippen LogP contribution in [0.25, 0.3) is 10.1 Å². The van der Waals surface area contributed by atoms with Crippen molar-refractivity contribution in [2.24, 2.45) is 0 Å². The van der Waals surface area contributed by atoms with Crippen molar-refractivity contribution < 1.29 is 14.9 Å². The first kappa shape index (κ1) is 18.6. The highest BCUT2D eigenvalue weighted by Crippen LogP contribution is 2.21. The zero-order valence-electron chi connectivity index (χ0n) is 13.1. The number of hydrogen-bond donors (Lipinski definition) is 2. The molecule has 2 aromatic rings.